The number of carbonyl (C=O) groups is 1. The standard InChI is InChI=1S/C18H18Cl2FNO4S/c1-3-22(4-2)27(24,25)12-8-9-16(20)13(10-12)18(23)26-11-14-15(19)6-5-7-17(14)21/h5-10H,3-4,11H2,1-2H3. The first-order valence-electron chi connectivity index (χ1n) is 8.12. The Balaban J connectivity index is 2.29. The normalized spacial score (nSPS) is 11.6. The molecule has 0 radical (unpaired) electrons. The highest BCUT2D eigenvalue weighted by atomic mass is 35.5. The van der Waals surface area contributed by atoms with E-state index >= 15 is 0 Å². The Bertz CT molecular complexity index is 926. The van der Waals surface area contributed by atoms with Crippen LogP contribution in [-0.2, 0) is 21.4 Å². The number of sulfonamides is 1. The first-order chi connectivity index (χ1) is 12.7. The van der Waals surface area contributed by atoms with E-state index in [0.29, 0.717) is 0 Å². The zero-order valence-electron chi connectivity index (χ0n) is 14.7. The van der Waals surface area contributed by atoms with Gasteiger partial charge >= 0.3 is 5.97 Å². The van der Waals surface area contributed by atoms with Gasteiger partial charge in [-0.2, -0.15) is 4.31 Å². The van der Waals surface area contributed by atoms with Gasteiger partial charge < -0.3 is 4.74 Å². The van der Waals surface area contributed by atoms with Crippen LogP contribution in [0.1, 0.15) is 29.8 Å². The summed E-state index contributed by atoms with van der Waals surface area (Å²) in [7, 11) is -3.77. The Morgan fingerprint density at radius 2 is 1.78 bits per heavy atom. The van der Waals surface area contributed by atoms with Gasteiger partial charge in [0.2, 0.25) is 10.0 Å². The minimum atomic E-state index is -3.77. The molecule has 27 heavy (non-hydrogen) atoms. The molecular formula is C18H18Cl2FNO4S. The Hall–Kier alpha value is -1.67. The van der Waals surface area contributed by atoms with Gasteiger partial charge in [-0.1, -0.05) is 43.1 Å². The van der Waals surface area contributed by atoms with E-state index in [4.69, 9.17) is 27.9 Å². The highest BCUT2D eigenvalue weighted by Crippen LogP contribution is 2.25. The molecule has 0 fully saturated rings. The van der Waals surface area contributed by atoms with Crippen molar-refractivity contribution in [1.29, 1.82) is 0 Å². The molecule has 0 aliphatic heterocycles. The number of rotatable bonds is 7. The lowest BCUT2D eigenvalue weighted by molar-refractivity contribution is 0.0469. The zero-order chi connectivity index (χ0) is 20.2. The third kappa shape index (κ3) is 4.79. The van der Waals surface area contributed by atoms with Gasteiger partial charge in [-0.15, -0.1) is 0 Å². The molecule has 9 heteroatoms. The van der Waals surface area contributed by atoms with Gasteiger partial charge in [0.1, 0.15) is 12.4 Å². The van der Waals surface area contributed by atoms with E-state index in [1.165, 1.54) is 34.6 Å². The molecule has 0 saturated carbocycles. The van der Waals surface area contributed by atoms with E-state index in [1.54, 1.807) is 13.8 Å². The number of esters is 1. The number of hydrogen-bond donors (Lipinski definition) is 0. The molecule has 0 heterocycles. The van der Waals surface area contributed by atoms with Gasteiger partial charge in [0.05, 0.1) is 20.5 Å². The van der Waals surface area contributed by atoms with Crippen LogP contribution in [-0.4, -0.2) is 31.8 Å². The second kappa shape index (κ2) is 9.01. The summed E-state index contributed by atoms with van der Waals surface area (Å²) in [5.74, 6) is -1.49. The number of ether oxygens (including phenoxy) is 1. The fraction of sp³-hybridized carbons (Fsp3) is 0.278. The molecule has 0 aliphatic carbocycles. The molecule has 146 valence electrons. The second-order valence-corrected chi connectivity index (χ2v) is 8.26. The molecule has 2 rings (SSSR count). The van der Waals surface area contributed by atoms with E-state index < -0.39 is 28.4 Å². The summed E-state index contributed by atoms with van der Waals surface area (Å²) in [6, 6.07) is 7.88. The molecule has 0 amide bonds. The molecule has 0 unspecified atom stereocenters. The number of carbonyl (C=O) groups excluding carboxylic acids is 1. The van der Waals surface area contributed by atoms with Crippen molar-refractivity contribution in [2.45, 2.75) is 25.3 Å². The van der Waals surface area contributed by atoms with Crippen LogP contribution < -0.4 is 0 Å². The Kier molecular flexibility index (Phi) is 7.22. The van der Waals surface area contributed by atoms with Crippen molar-refractivity contribution >= 4 is 39.2 Å². The topological polar surface area (TPSA) is 63.7 Å². The molecular weight excluding hydrogens is 416 g/mol. The predicted octanol–water partition coefficient (Wildman–Crippen LogP) is 4.52. The minimum Gasteiger partial charge on any atom is -0.457 e. The maximum Gasteiger partial charge on any atom is 0.340 e. The molecule has 0 atom stereocenters. The Morgan fingerprint density at radius 1 is 1.11 bits per heavy atom. The minimum absolute atomic E-state index is 0.0237. The maximum atomic E-state index is 13.8. The van der Waals surface area contributed by atoms with Gasteiger partial charge in [-0.3, -0.25) is 0 Å². The molecule has 0 aliphatic rings. The van der Waals surface area contributed by atoms with Crippen molar-refractivity contribution in [1.82, 2.24) is 4.31 Å². The zero-order valence-corrected chi connectivity index (χ0v) is 17.0. The summed E-state index contributed by atoms with van der Waals surface area (Å²) >= 11 is 11.9. The van der Waals surface area contributed by atoms with Crippen LogP contribution in [0.3, 0.4) is 0 Å². The van der Waals surface area contributed by atoms with Crippen LogP contribution >= 0.6 is 23.2 Å². The fourth-order valence-corrected chi connectivity index (χ4v) is 4.32. The van der Waals surface area contributed by atoms with Crippen LogP contribution in [0.2, 0.25) is 10.0 Å². The van der Waals surface area contributed by atoms with E-state index in [1.807, 2.05) is 0 Å². The predicted molar refractivity (Wildman–Crippen MR) is 102 cm³/mol. The number of halogens is 3. The monoisotopic (exact) mass is 433 g/mol. The molecule has 0 aromatic heterocycles. The van der Waals surface area contributed by atoms with Crippen molar-refractivity contribution in [3.63, 3.8) is 0 Å². The van der Waals surface area contributed by atoms with Gasteiger partial charge in [-0.05, 0) is 30.3 Å². The van der Waals surface area contributed by atoms with E-state index in [0.717, 1.165) is 6.07 Å². The molecule has 0 N–H and O–H groups in total. The summed E-state index contributed by atoms with van der Waals surface area (Å²) in [5, 5.41) is 0.143. The highest BCUT2D eigenvalue weighted by Gasteiger charge is 2.24. The quantitative estimate of drug-likeness (QED) is 0.602. The lowest BCUT2D eigenvalue weighted by Gasteiger charge is -2.19. The van der Waals surface area contributed by atoms with E-state index in [-0.39, 0.29) is 39.2 Å². The van der Waals surface area contributed by atoms with E-state index in [9.17, 15) is 17.6 Å². The second-order valence-electron chi connectivity index (χ2n) is 5.51. The molecule has 2 aromatic carbocycles. The fourth-order valence-electron chi connectivity index (χ4n) is 2.42. The van der Waals surface area contributed by atoms with Gasteiger partial charge in [0.15, 0.2) is 0 Å². The van der Waals surface area contributed by atoms with Gasteiger partial charge in [-0.25, -0.2) is 17.6 Å². The summed E-state index contributed by atoms with van der Waals surface area (Å²) in [6.07, 6.45) is 0. The number of hydrogen-bond acceptors (Lipinski definition) is 4. The SMILES string of the molecule is CCN(CC)S(=O)(=O)c1ccc(Cl)c(C(=O)OCc2c(F)cccc2Cl)c1. The average molecular weight is 434 g/mol. The van der Waals surface area contributed by atoms with Crippen molar-refractivity contribution in [3.05, 3.63) is 63.4 Å². The summed E-state index contributed by atoms with van der Waals surface area (Å²) in [4.78, 5) is 12.3. The van der Waals surface area contributed by atoms with Crippen LogP contribution in [0, 0.1) is 5.82 Å². The first kappa shape index (κ1) is 21.6. The van der Waals surface area contributed by atoms with Crippen LogP contribution in [0.4, 0.5) is 4.39 Å². The summed E-state index contributed by atoms with van der Waals surface area (Å²) in [6.45, 7) is 3.59. The highest BCUT2D eigenvalue weighted by molar-refractivity contribution is 7.89. The third-order valence-corrected chi connectivity index (χ3v) is 6.64. The maximum absolute atomic E-state index is 13.8. The van der Waals surface area contributed by atoms with Crippen molar-refractivity contribution in [3.8, 4) is 0 Å². The van der Waals surface area contributed by atoms with E-state index in [2.05, 4.69) is 0 Å². The molecule has 2 aromatic rings. The lowest BCUT2D eigenvalue weighted by atomic mass is 10.2. The molecule has 0 saturated heterocycles. The van der Waals surface area contributed by atoms with Crippen molar-refractivity contribution in [2.24, 2.45) is 0 Å². The summed E-state index contributed by atoms with van der Waals surface area (Å²) < 4.78 is 45.3. The van der Waals surface area contributed by atoms with Crippen molar-refractivity contribution in [2.75, 3.05) is 13.1 Å². The molecule has 5 nitrogen and oxygen atoms in total. The number of benzene rings is 2. The largest absolute Gasteiger partial charge is 0.457 e. The molecule has 0 bridgehead atoms. The third-order valence-electron chi connectivity index (χ3n) is 3.91. The van der Waals surface area contributed by atoms with Crippen LogP contribution in [0.25, 0.3) is 0 Å². The van der Waals surface area contributed by atoms with Crippen LogP contribution in [0.5, 0.6) is 0 Å². The average Bonchev–Trinajstić information content (AvgIpc) is 2.62. The Morgan fingerprint density at radius 3 is 2.37 bits per heavy atom. The van der Waals surface area contributed by atoms with Gasteiger partial charge in [0.25, 0.3) is 0 Å². The summed E-state index contributed by atoms with van der Waals surface area (Å²) in [5.41, 5.74) is -0.104. The Labute approximate surface area is 167 Å². The van der Waals surface area contributed by atoms with Gasteiger partial charge in [0, 0.05) is 18.7 Å². The van der Waals surface area contributed by atoms with Crippen molar-refractivity contribution < 1.29 is 22.3 Å². The lowest BCUT2D eigenvalue weighted by Crippen LogP contribution is -2.30. The smallest absolute Gasteiger partial charge is 0.340 e. The molecule has 0 spiro atoms. The van der Waals surface area contributed by atoms with Crippen LogP contribution in [0.15, 0.2) is 41.3 Å². The first-order valence-corrected chi connectivity index (χ1v) is 10.3. The number of nitrogens with zero attached hydrogens (tertiary/aromatic N) is 1.